The second kappa shape index (κ2) is 5.13. The van der Waals surface area contributed by atoms with E-state index >= 15 is 0 Å². The predicted molar refractivity (Wildman–Crippen MR) is 68.9 cm³/mol. The number of fused-ring (bicyclic) bond motifs is 1. The Morgan fingerprint density at radius 3 is 2.80 bits per heavy atom. The highest BCUT2D eigenvalue weighted by atomic mass is 19.1. The third kappa shape index (κ3) is 2.42. The molecule has 1 aromatic rings. The second-order valence-electron chi connectivity index (χ2n) is 5.78. The molecule has 5 heteroatoms. The first-order chi connectivity index (χ1) is 9.54. The molecule has 1 saturated heterocycles. The van der Waals surface area contributed by atoms with Gasteiger partial charge in [-0.05, 0) is 30.4 Å². The maximum absolute atomic E-state index is 13.5. The van der Waals surface area contributed by atoms with E-state index in [2.05, 4.69) is 0 Å². The lowest BCUT2D eigenvalue weighted by atomic mass is 10.00. The van der Waals surface area contributed by atoms with Gasteiger partial charge in [0.15, 0.2) is 0 Å². The van der Waals surface area contributed by atoms with E-state index in [4.69, 9.17) is 0 Å². The summed E-state index contributed by atoms with van der Waals surface area (Å²) < 4.78 is 26.4. The molecule has 3 nitrogen and oxygen atoms in total. The molecule has 1 heterocycles. The van der Waals surface area contributed by atoms with E-state index in [9.17, 15) is 18.7 Å². The number of hydrogen-bond acceptors (Lipinski definition) is 2. The summed E-state index contributed by atoms with van der Waals surface area (Å²) in [5.74, 6) is -0.948. The first kappa shape index (κ1) is 13.5. The molecule has 1 aliphatic carbocycles. The number of likely N-dealkylation sites (tertiary alicyclic amines) is 1. The Bertz CT molecular complexity index is 535. The molecule has 3 unspecified atom stereocenters. The van der Waals surface area contributed by atoms with E-state index in [1.54, 1.807) is 4.90 Å². The molecule has 2 aliphatic rings. The number of rotatable bonds is 2. The van der Waals surface area contributed by atoms with Gasteiger partial charge < -0.3 is 10.0 Å². The highest BCUT2D eigenvalue weighted by Gasteiger charge is 2.43. The standard InChI is InChI=1S/C15H17F2NO2/c16-11-3-1-9(13(17)6-11)5-15(20)18-7-10-2-4-14(19)12(10)8-18/h1,3,6,10,12,14,19H,2,4-5,7-8H2. The van der Waals surface area contributed by atoms with Crippen LogP contribution in [0.3, 0.4) is 0 Å². The van der Waals surface area contributed by atoms with Crippen LogP contribution in [0.25, 0.3) is 0 Å². The van der Waals surface area contributed by atoms with Crippen molar-refractivity contribution in [3.8, 4) is 0 Å². The van der Waals surface area contributed by atoms with E-state index in [1.807, 2.05) is 0 Å². The molecule has 1 aromatic carbocycles. The lowest BCUT2D eigenvalue weighted by molar-refractivity contribution is -0.129. The van der Waals surface area contributed by atoms with E-state index < -0.39 is 11.6 Å². The number of halogens is 2. The maximum atomic E-state index is 13.5. The van der Waals surface area contributed by atoms with Crippen molar-refractivity contribution in [1.82, 2.24) is 4.90 Å². The normalized spacial score (nSPS) is 28.8. The van der Waals surface area contributed by atoms with E-state index in [0.717, 1.165) is 25.0 Å². The number of carbonyl (C=O) groups is 1. The predicted octanol–water partition coefficient (Wildman–Crippen LogP) is 1.74. The largest absolute Gasteiger partial charge is 0.393 e. The van der Waals surface area contributed by atoms with Crippen molar-refractivity contribution in [3.63, 3.8) is 0 Å². The van der Waals surface area contributed by atoms with Crippen molar-refractivity contribution >= 4 is 5.91 Å². The summed E-state index contributed by atoms with van der Waals surface area (Å²) in [4.78, 5) is 13.9. The number of aliphatic hydroxyl groups is 1. The van der Waals surface area contributed by atoms with Gasteiger partial charge in [0.25, 0.3) is 0 Å². The van der Waals surface area contributed by atoms with E-state index in [1.165, 1.54) is 6.07 Å². The molecule has 0 spiro atoms. The van der Waals surface area contributed by atoms with Crippen LogP contribution in [0.1, 0.15) is 18.4 Å². The molecule has 3 atom stereocenters. The van der Waals surface area contributed by atoms with Gasteiger partial charge in [0.1, 0.15) is 11.6 Å². The molecule has 0 bridgehead atoms. The van der Waals surface area contributed by atoms with Gasteiger partial charge in [0.2, 0.25) is 5.91 Å². The van der Waals surface area contributed by atoms with Gasteiger partial charge in [-0.3, -0.25) is 4.79 Å². The molecule has 1 N–H and O–H groups in total. The van der Waals surface area contributed by atoms with Crippen LogP contribution in [-0.2, 0) is 11.2 Å². The zero-order valence-corrected chi connectivity index (χ0v) is 11.1. The fraction of sp³-hybridized carbons (Fsp3) is 0.533. The Balaban J connectivity index is 1.66. The van der Waals surface area contributed by atoms with Crippen LogP contribution in [0, 0.1) is 23.5 Å². The van der Waals surface area contributed by atoms with Crippen LogP contribution < -0.4 is 0 Å². The Morgan fingerprint density at radius 2 is 2.10 bits per heavy atom. The summed E-state index contributed by atoms with van der Waals surface area (Å²) in [6.07, 6.45) is 1.38. The molecular weight excluding hydrogens is 264 g/mol. The minimum Gasteiger partial charge on any atom is -0.393 e. The number of aliphatic hydroxyl groups excluding tert-OH is 1. The molecule has 1 aliphatic heterocycles. The molecule has 3 rings (SSSR count). The van der Waals surface area contributed by atoms with Crippen LogP contribution in [0.2, 0.25) is 0 Å². The van der Waals surface area contributed by atoms with Gasteiger partial charge in [0.05, 0.1) is 12.5 Å². The third-order valence-electron chi connectivity index (χ3n) is 4.53. The molecule has 2 fully saturated rings. The molecular formula is C15H17F2NO2. The zero-order chi connectivity index (χ0) is 14.3. The van der Waals surface area contributed by atoms with Crippen molar-refractivity contribution in [1.29, 1.82) is 0 Å². The quantitative estimate of drug-likeness (QED) is 0.897. The summed E-state index contributed by atoms with van der Waals surface area (Å²) in [5, 5.41) is 9.82. The fourth-order valence-electron chi connectivity index (χ4n) is 3.38. The average molecular weight is 281 g/mol. The van der Waals surface area contributed by atoms with Crippen molar-refractivity contribution in [3.05, 3.63) is 35.4 Å². The van der Waals surface area contributed by atoms with E-state index in [0.29, 0.717) is 19.0 Å². The summed E-state index contributed by atoms with van der Waals surface area (Å²) in [6.45, 7) is 1.19. The summed E-state index contributed by atoms with van der Waals surface area (Å²) in [6, 6.07) is 3.27. The van der Waals surface area contributed by atoms with Crippen LogP contribution >= 0.6 is 0 Å². The smallest absolute Gasteiger partial charge is 0.227 e. The average Bonchev–Trinajstić information content (AvgIpc) is 2.96. The highest BCUT2D eigenvalue weighted by molar-refractivity contribution is 5.79. The van der Waals surface area contributed by atoms with Gasteiger partial charge in [0, 0.05) is 25.1 Å². The number of hydrogen-bond donors (Lipinski definition) is 1. The number of carbonyl (C=O) groups excluding carboxylic acids is 1. The molecule has 1 amide bonds. The summed E-state index contributed by atoms with van der Waals surface area (Å²) in [5.41, 5.74) is 0.217. The third-order valence-corrected chi connectivity index (χ3v) is 4.53. The van der Waals surface area contributed by atoms with E-state index in [-0.39, 0.29) is 29.9 Å². The summed E-state index contributed by atoms with van der Waals surface area (Å²) in [7, 11) is 0. The minimum atomic E-state index is -0.683. The summed E-state index contributed by atoms with van der Waals surface area (Å²) >= 11 is 0. The van der Waals surface area contributed by atoms with Gasteiger partial charge >= 0.3 is 0 Å². The van der Waals surface area contributed by atoms with Gasteiger partial charge in [-0.1, -0.05) is 6.07 Å². The lowest BCUT2D eigenvalue weighted by Crippen LogP contribution is -2.32. The Morgan fingerprint density at radius 1 is 1.30 bits per heavy atom. The van der Waals surface area contributed by atoms with Crippen molar-refractivity contribution in [2.24, 2.45) is 11.8 Å². The van der Waals surface area contributed by atoms with Crippen molar-refractivity contribution in [2.75, 3.05) is 13.1 Å². The Labute approximate surface area is 116 Å². The Kier molecular flexibility index (Phi) is 3.46. The van der Waals surface area contributed by atoms with Crippen molar-refractivity contribution < 1.29 is 18.7 Å². The first-order valence-corrected chi connectivity index (χ1v) is 6.94. The number of benzene rings is 1. The highest BCUT2D eigenvalue weighted by Crippen LogP contribution is 2.38. The number of amides is 1. The molecule has 20 heavy (non-hydrogen) atoms. The minimum absolute atomic E-state index is 0.0539. The van der Waals surface area contributed by atoms with Gasteiger partial charge in [-0.2, -0.15) is 0 Å². The van der Waals surface area contributed by atoms with Crippen LogP contribution in [0.15, 0.2) is 18.2 Å². The van der Waals surface area contributed by atoms with Crippen LogP contribution in [0.4, 0.5) is 8.78 Å². The monoisotopic (exact) mass is 281 g/mol. The molecule has 108 valence electrons. The molecule has 1 saturated carbocycles. The lowest BCUT2D eigenvalue weighted by Gasteiger charge is -2.18. The Hall–Kier alpha value is -1.49. The zero-order valence-electron chi connectivity index (χ0n) is 11.1. The molecule has 0 aromatic heterocycles. The SMILES string of the molecule is O=C(Cc1ccc(F)cc1F)N1CC2CCC(O)C2C1. The number of nitrogens with zero attached hydrogens (tertiary/aromatic N) is 1. The topological polar surface area (TPSA) is 40.5 Å². The first-order valence-electron chi connectivity index (χ1n) is 6.94. The maximum Gasteiger partial charge on any atom is 0.227 e. The van der Waals surface area contributed by atoms with Crippen molar-refractivity contribution in [2.45, 2.75) is 25.4 Å². The fourth-order valence-corrected chi connectivity index (χ4v) is 3.38. The van der Waals surface area contributed by atoms with Gasteiger partial charge in [-0.15, -0.1) is 0 Å². The van der Waals surface area contributed by atoms with Crippen LogP contribution in [-0.4, -0.2) is 35.1 Å². The van der Waals surface area contributed by atoms with Gasteiger partial charge in [-0.25, -0.2) is 8.78 Å². The van der Waals surface area contributed by atoms with Crippen LogP contribution in [0.5, 0.6) is 0 Å². The molecule has 0 radical (unpaired) electrons. The second-order valence-corrected chi connectivity index (χ2v) is 5.78.